The number of aromatic nitrogens is 1. The van der Waals surface area contributed by atoms with Gasteiger partial charge in [-0.05, 0) is 43.2 Å². The minimum absolute atomic E-state index is 0.0156. The fourth-order valence-corrected chi connectivity index (χ4v) is 2.57. The van der Waals surface area contributed by atoms with Gasteiger partial charge < -0.3 is 15.8 Å². The van der Waals surface area contributed by atoms with Gasteiger partial charge in [-0.2, -0.15) is 5.26 Å². The molecule has 1 saturated carbocycles. The van der Waals surface area contributed by atoms with Gasteiger partial charge in [-0.15, -0.1) is 0 Å². The van der Waals surface area contributed by atoms with Gasteiger partial charge in [-0.1, -0.05) is 0 Å². The number of halogens is 1. The number of nitriles is 1. The monoisotopic (exact) mass is 353 g/mol. The second kappa shape index (κ2) is 6.80. The third kappa shape index (κ3) is 3.47. The minimum Gasteiger partial charge on any atom is -0.469 e. The Labute approximate surface area is 149 Å². The number of aliphatic imine (C=N–C) groups is 1. The zero-order valence-electron chi connectivity index (χ0n) is 14.0. The van der Waals surface area contributed by atoms with Crippen LogP contribution in [0.5, 0.6) is 0 Å². The normalized spacial score (nSPS) is 15.0. The van der Waals surface area contributed by atoms with Crippen LogP contribution in [0.4, 0.5) is 10.1 Å². The molecule has 3 rings (SSSR count). The van der Waals surface area contributed by atoms with E-state index in [2.05, 4.69) is 15.3 Å². The highest BCUT2D eigenvalue weighted by molar-refractivity contribution is 6.02. The van der Waals surface area contributed by atoms with E-state index in [1.165, 1.54) is 43.6 Å². The lowest BCUT2D eigenvalue weighted by atomic mass is 10.0. The Bertz CT molecular complexity index is 914. The first-order valence-corrected chi connectivity index (χ1v) is 7.84. The molecule has 132 valence electrons. The molecule has 1 aliphatic carbocycles. The number of anilines is 1. The maximum Gasteiger partial charge on any atom is 0.282 e. The highest BCUT2D eigenvalue weighted by Gasteiger charge is 2.47. The van der Waals surface area contributed by atoms with Crippen molar-refractivity contribution in [2.75, 3.05) is 12.4 Å². The Balaban J connectivity index is 1.84. The van der Waals surface area contributed by atoms with Crippen LogP contribution in [-0.2, 0) is 10.3 Å². The molecular weight excluding hydrogens is 337 g/mol. The number of nitrogens with two attached hydrogens (primary N) is 1. The summed E-state index contributed by atoms with van der Waals surface area (Å²) in [6.45, 7) is 0. The molecule has 0 bridgehead atoms. The average Bonchev–Trinajstić information content (AvgIpc) is 3.43. The van der Waals surface area contributed by atoms with E-state index in [9.17, 15) is 9.18 Å². The molecule has 0 spiro atoms. The van der Waals surface area contributed by atoms with Crippen molar-refractivity contribution in [2.45, 2.75) is 18.4 Å². The Morgan fingerprint density at radius 2 is 2.19 bits per heavy atom. The zero-order valence-corrected chi connectivity index (χ0v) is 14.0. The van der Waals surface area contributed by atoms with E-state index in [0.29, 0.717) is 29.7 Å². The van der Waals surface area contributed by atoms with Crippen LogP contribution in [0.15, 0.2) is 41.5 Å². The molecule has 3 N–H and O–H groups in total. The van der Waals surface area contributed by atoms with Gasteiger partial charge in [-0.3, -0.25) is 4.79 Å². The zero-order chi connectivity index (χ0) is 18.7. The van der Waals surface area contributed by atoms with E-state index in [-0.39, 0.29) is 11.7 Å². The van der Waals surface area contributed by atoms with Crippen molar-refractivity contribution in [1.82, 2.24) is 4.98 Å². The molecule has 0 atom stereocenters. The lowest BCUT2D eigenvalue weighted by molar-refractivity contribution is 0.102. The number of amidine groups is 1. The molecule has 0 aliphatic heterocycles. The third-order valence-corrected chi connectivity index (χ3v) is 4.11. The quantitative estimate of drug-likeness (QED) is 0.647. The summed E-state index contributed by atoms with van der Waals surface area (Å²) in [7, 11) is 1.40. The number of nitrogens with zero attached hydrogens (tertiary/aromatic N) is 3. The van der Waals surface area contributed by atoms with E-state index in [1.54, 1.807) is 0 Å². The van der Waals surface area contributed by atoms with Crippen molar-refractivity contribution < 1.29 is 13.9 Å². The number of methoxy groups -OCH3 is 1. The van der Waals surface area contributed by atoms with Gasteiger partial charge in [0.1, 0.15) is 17.6 Å². The van der Waals surface area contributed by atoms with E-state index in [0.717, 1.165) is 0 Å². The number of hydrogen-bond donors (Lipinski definition) is 2. The summed E-state index contributed by atoms with van der Waals surface area (Å²) in [5.74, 6) is -0.888. The smallest absolute Gasteiger partial charge is 0.282 e. The van der Waals surface area contributed by atoms with Crippen LogP contribution in [0, 0.1) is 17.1 Å². The van der Waals surface area contributed by atoms with Gasteiger partial charge in [0.05, 0.1) is 18.2 Å². The van der Waals surface area contributed by atoms with E-state index >= 15 is 0 Å². The molecule has 26 heavy (non-hydrogen) atoms. The first-order valence-electron chi connectivity index (χ1n) is 7.84. The van der Waals surface area contributed by atoms with Crippen LogP contribution in [-0.4, -0.2) is 24.0 Å². The minimum atomic E-state index is -0.752. The molecule has 1 aromatic heterocycles. The van der Waals surface area contributed by atoms with Crippen LogP contribution in [0.2, 0.25) is 0 Å². The average molecular weight is 353 g/mol. The Hall–Kier alpha value is -3.47. The topological polar surface area (TPSA) is 113 Å². The lowest BCUT2D eigenvalue weighted by Crippen LogP contribution is -2.19. The maximum absolute atomic E-state index is 14.3. The molecule has 0 saturated heterocycles. The fraction of sp³-hybridized carbons (Fsp3) is 0.222. The molecular formula is C18H16FN5O2. The number of carbonyl (C=O) groups excluding carboxylic acids is 1. The summed E-state index contributed by atoms with van der Waals surface area (Å²) in [6, 6.07) is 9.13. The molecule has 1 amide bonds. The van der Waals surface area contributed by atoms with E-state index in [4.69, 9.17) is 15.7 Å². The van der Waals surface area contributed by atoms with Crippen molar-refractivity contribution in [2.24, 2.45) is 10.7 Å². The van der Waals surface area contributed by atoms with Crippen LogP contribution in [0.3, 0.4) is 0 Å². The summed E-state index contributed by atoms with van der Waals surface area (Å²) in [4.78, 5) is 20.5. The second-order valence-electron chi connectivity index (χ2n) is 5.88. The highest BCUT2D eigenvalue weighted by atomic mass is 19.1. The number of amides is 1. The molecule has 8 heteroatoms. The number of benzene rings is 1. The molecule has 7 nitrogen and oxygen atoms in total. The van der Waals surface area contributed by atoms with Gasteiger partial charge in [-0.25, -0.2) is 14.4 Å². The standard InChI is InChI=1S/C18H16FN5O2/c1-26-17(21)24-18(6-7-18)13-8-12(3-4-14(13)19)23-16(25)15-5-2-11(9-20)10-22-15/h2-5,8,10H,6-7H2,1H3,(H2,21,24)(H,23,25). The van der Waals surface area contributed by atoms with Crippen LogP contribution in [0.1, 0.15) is 34.5 Å². The maximum atomic E-state index is 14.3. The SMILES string of the molecule is COC(N)=NC1(c2cc(NC(=O)c3ccc(C#N)cn3)ccc2F)CC1. The van der Waals surface area contributed by atoms with Crippen LogP contribution >= 0.6 is 0 Å². The summed E-state index contributed by atoms with van der Waals surface area (Å²) >= 11 is 0. The second-order valence-corrected chi connectivity index (χ2v) is 5.88. The number of ether oxygens (including phenoxy) is 1. The number of hydrogen-bond acceptors (Lipinski definition) is 5. The Morgan fingerprint density at radius 3 is 2.77 bits per heavy atom. The number of rotatable bonds is 4. The summed E-state index contributed by atoms with van der Waals surface area (Å²) < 4.78 is 19.2. The van der Waals surface area contributed by atoms with E-state index < -0.39 is 17.3 Å². The van der Waals surface area contributed by atoms with Crippen molar-refractivity contribution in [3.05, 3.63) is 59.2 Å². The van der Waals surface area contributed by atoms with Gasteiger partial charge in [0.15, 0.2) is 0 Å². The molecule has 0 unspecified atom stereocenters. The largest absolute Gasteiger partial charge is 0.469 e. The van der Waals surface area contributed by atoms with Crippen molar-refractivity contribution >= 4 is 17.6 Å². The number of nitrogens with one attached hydrogen (secondary N) is 1. The van der Waals surface area contributed by atoms with Gasteiger partial charge in [0.2, 0.25) is 0 Å². The predicted octanol–water partition coefficient (Wildman–Crippen LogP) is 2.29. The molecule has 1 heterocycles. The molecule has 1 aromatic carbocycles. The summed E-state index contributed by atoms with van der Waals surface area (Å²) in [5.41, 5.74) is 6.13. The van der Waals surface area contributed by atoms with Gasteiger partial charge >= 0.3 is 0 Å². The first kappa shape index (κ1) is 17.4. The number of carbonyl (C=O) groups is 1. The molecule has 1 aliphatic rings. The third-order valence-electron chi connectivity index (χ3n) is 4.11. The van der Waals surface area contributed by atoms with Crippen molar-refractivity contribution in [1.29, 1.82) is 5.26 Å². The fourth-order valence-electron chi connectivity index (χ4n) is 2.57. The van der Waals surface area contributed by atoms with Crippen molar-refractivity contribution in [3.63, 3.8) is 0 Å². The van der Waals surface area contributed by atoms with Crippen molar-refractivity contribution in [3.8, 4) is 6.07 Å². The van der Waals surface area contributed by atoms with Crippen LogP contribution < -0.4 is 11.1 Å². The summed E-state index contributed by atoms with van der Waals surface area (Å²) in [5, 5.41) is 11.4. The van der Waals surface area contributed by atoms with Gasteiger partial charge in [0.25, 0.3) is 11.9 Å². The van der Waals surface area contributed by atoms with Crippen LogP contribution in [0.25, 0.3) is 0 Å². The first-order chi connectivity index (χ1) is 12.5. The summed E-state index contributed by atoms with van der Waals surface area (Å²) in [6.07, 6.45) is 2.59. The number of pyridine rings is 1. The Morgan fingerprint density at radius 1 is 1.42 bits per heavy atom. The Kier molecular flexibility index (Phi) is 4.54. The molecule has 2 aromatic rings. The molecule has 1 fully saturated rings. The predicted molar refractivity (Wildman–Crippen MR) is 92.8 cm³/mol. The highest BCUT2D eigenvalue weighted by Crippen LogP contribution is 2.51. The lowest BCUT2D eigenvalue weighted by Gasteiger charge is -2.14. The van der Waals surface area contributed by atoms with E-state index in [1.807, 2.05) is 6.07 Å². The van der Waals surface area contributed by atoms with Gasteiger partial charge in [0, 0.05) is 17.4 Å². The molecule has 0 radical (unpaired) electrons.